The third kappa shape index (κ3) is 6.60. The predicted molar refractivity (Wildman–Crippen MR) is 105 cm³/mol. The van der Waals surface area contributed by atoms with Crippen LogP contribution < -0.4 is 14.8 Å². The summed E-state index contributed by atoms with van der Waals surface area (Å²) in [6, 6.07) is 15.2. The maximum atomic E-state index is 12.1. The fourth-order valence-electron chi connectivity index (χ4n) is 2.44. The summed E-state index contributed by atoms with van der Waals surface area (Å²) < 4.78 is 11.2. The molecule has 2 aromatic rings. The fourth-order valence-corrected chi connectivity index (χ4v) is 2.62. The van der Waals surface area contributed by atoms with Crippen molar-refractivity contribution in [3.63, 3.8) is 0 Å². The van der Waals surface area contributed by atoms with Crippen LogP contribution in [0.4, 0.5) is 0 Å². The molecule has 0 saturated carbocycles. The van der Waals surface area contributed by atoms with Crippen LogP contribution in [-0.2, 0) is 11.2 Å². The second-order valence-corrected chi connectivity index (χ2v) is 6.80. The molecular weight excluding hydrogens is 350 g/mol. The molecule has 0 heterocycles. The molecule has 0 aliphatic rings. The monoisotopic (exact) mass is 375 g/mol. The lowest BCUT2D eigenvalue weighted by Gasteiger charge is -2.15. The van der Waals surface area contributed by atoms with E-state index in [1.165, 1.54) is 5.56 Å². The minimum absolute atomic E-state index is 0.148. The number of nitrogens with one attached hydrogen (secondary N) is 1. The third-order valence-corrected chi connectivity index (χ3v) is 4.06. The zero-order valence-corrected chi connectivity index (χ0v) is 16.3. The molecule has 1 atom stereocenters. The Morgan fingerprint density at radius 2 is 1.73 bits per heavy atom. The first kappa shape index (κ1) is 20.1. The molecule has 0 aromatic heterocycles. The second kappa shape index (κ2) is 10.1. The zero-order valence-electron chi connectivity index (χ0n) is 15.5. The number of hydrogen-bond donors (Lipinski definition) is 1. The van der Waals surface area contributed by atoms with Crippen LogP contribution in [0.5, 0.6) is 11.5 Å². The van der Waals surface area contributed by atoms with E-state index >= 15 is 0 Å². The summed E-state index contributed by atoms with van der Waals surface area (Å²) in [4.78, 5) is 12.1. The maximum Gasteiger partial charge on any atom is 0.260 e. The first-order valence-corrected chi connectivity index (χ1v) is 9.28. The number of para-hydroxylation sites is 1. The number of rotatable bonds is 9. The Balaban J connectivity index is 1.70. The highest BCUT2D eigenvalue weighted by molar-refractivity contribution is 6.32. The first-order chi connectivity index (χ1) is 12.5. The largest absolute Gasteiger partial charge is 0.491 e. The maximum absolute atomic E-state index is 12.1. The zero-order chi connectivity index (χ0) is 18.9. The molecule has 2 rings (SSSR count). The minimum atomic E-state index is -0.595. The fraction of sp³-hybridized carbons (Fsp3) is 0.381. The Bertz CT molecular complexity index is 701. The Morgan fingerprint density at radius 3 is 2.38 bits per heavy atom. The number of hydrogen-bond acceptors (Lipinski definition) is 3. The third-order valence-electron chi connectivity index (χ3n) is 3.75. The lowest BCUT2D eigenvalue weighted by atomic mass is 10.1. The average Bonchev–Trinajstić information content (AvgIpc) is 2.61. The molecular formula is C21H26ClNO3. The molecule has 26 heavy (non-hydrogen) atoms. The average molecular weight is 376 g/mol. The van der Waals surface area contributed by atoms with E-state index in [1.807, 2.05) is 38.1 Å². The van der Waals surface area contributed by atoms with Crippen molar-refractivity contribution in [3.8, 4) is 11.5 Å². The summed E-state index contributed by atoms with van der Waals surface area (Å²) in [6.07, 6.45) is 1.32. The van der Waals surface area contributed by atoms with Gasteiger partial charge < -0.3 is 14.8 Å². The molecule has 4 nitrogen and oxygen atoms in total. The van der Waals surface area contributed by atoms with Crippen molar-refractivity contribution in [1.29, 1.82) is 0 Å². The number of amides is 1. The summed E-state index contributed by atoms with van der Waals surface area (Å²) in [7, 11) is 0. The van der Waals surface area contributed by atoms with Crippen molar-refractivity contribution in [1.82, 2.24) is 5.32 Å². The summed E-state index contributed by atoms with van der Waals surface area (Å²) >= 11 is 6.04. The van der Waals surface area contributed by atoms with Gasteiger partial charge in [0.05, 0.1) is 11.1 Å². The highest BCUT2D eigenvalue weighted by atomic mass is 35.5. The highest BCUT2D eigenvalue weighted by Gasteiger charge is 2.15. The van der Waals surface area contributed by atoms with Crippen LogP contribution in [-0.4, -0.2) is 24.7 Å². The van der Waals surface area contributed by atoms with Crippen LogP contribution >= 0.6 is 11.6 Å². The van der Waals surface area contributed by atoms with E-state index in [4.69, 9.17) is 21.1 Å². The first-order valence-electron chi connectivity index (χ1n) is 8.90. The van der Waals surface area contributed by atoms with Gasteiger partial charge in [0.15, 0.2) is 6.10 Å². The number of carbonyl (C=O) groups excluding carboxylic acids is 1. The smallest absolute Gasteiger partial charge is 0.260 e. The lowest BCUT2D eigenvalue weighted by Crippen LogP contribution is -2.37. The lowest BCUT2D eigenvalue weighted by molar-refractivity contribution is -0.127. The quantitative estimate of drug-likeness (QED) is 0.649. The predicted octanol–water partition coefficient (Wildman–Crippen LogP) is 4.64. The van der Waals surface area contributed by atoms with Gasteiger partial charge in [0.2, 0.25) is 0 Å². The van der Waals surface area contributed by atoms with Gasteiger partial charge in [-0.05, 0) is 63.4 Å². The minimum Gasteiger partial charge on any atom is -0.491 e. The molecule has 0 aliphatic carbocycles. The van der Waals surface area contributed by atoms with Gasteiger partial charge in [0.25, 0.3) is 5.91 Å². The molecule has 5 heteroatoms. The molecule has 2 aromatic carbocycles. The Morgan fingerprint density at radius 1 is 1.04 bits per heavy atom. The van der Waals surface area contributed by atoms with Gasteiger partial charge in [-0.2, -0.15) is 0 Å². The number of halogens is 1. The van der Waals surface area contributed by atoms with Crippen molar-refractivity contribution < 1.29 is 14.3 Å². The molecule has 0 fully saturated rings. The van der Waals surface area contributed by atoms with Crippen molar-refractivity contribution >= 4 is 17.5 Å². The van der Waals surface area contributed by atoms with Crippen molar-refractivity contribution in [2.45, 2.75) is 45.8 Å². The van der Waals surface area contributed by atoms with Crippen LogP contribution in [0.25, 0.3) is 0 Å². The van der Waals surface area contributed by atoms with E-state index in [9.17, 15) is 4.79 Å². The molecule has 140 valence electrons. The Labute approximate surface area is 160 Å². The second-order valence-electron chi connectivity index (χ2n) is 6.40. The molecule has 1 N–H and O–H groups in total. The standard InChI is InChI=1S/C21H26ClNO3/c1-15(2)25-18-12-10-17(11-13-18)7-6-14-23-21(24)16(3)26-20-9-5-4-8-19(20)22/h4-5,8-13,15-16H,6-7,14H2,1-3H3,(H,23,24)/t16-/m1/s1. The van der Waals surface area contributed by atoms with Gasteiger partial charge in [0, 0.05) is 6.54 Å². The van der Waals surface area contributed by atoms with Gasteiger partial charge in [0.1, 0.15) is 11.5 Å². The molecule has 1 amide bonds. The number of ether oxygens (including phenoxy) is 2. The Hall–Kier alpha value is -2.20. The van der Waals surface area contributed by atoms with Crippen LogP contribution in [0.15, 0.2) is 48.5 Å². The number of carbonyl (C=O) groups is 1. The Kier molecular flexibility index (Phi) is 7.79. The van der Waals surface area contributed by atoms with Crippen LogP contribution in [0.1, 0.15) is 32.8 Å². The highest BCUT2D eigenvalue weighted by Crippen LogP contribution is 2.24. The van der Waals surface area contributed by atoms with Crippen LogP contribution in [0, 0.1) is 0 Å². The van der Waals surface area contributed by atoms with Gasteiger partial charge in [-0.1, -0.05) is 35.9 Å². The molecule has 0 saturated heterocycles. The molecule has 0 spiro atoms. The summed E-state index contributed by atoms with van der Waals surface area (Å²) in [5.41, 5.74) is 1.22. The molecule has 0 unspecified atom stereocenters. The van der Waals surface area contributed by atoms with Crippen LogP contribution in [0.2, 0.25) is 5.02 Å². The van der Waals surface area contributed by atoms with Crippen molar-refractivity contribution in [2.24, 2.45) is 0 Å². The van der Waals surface area contributed by atoms with E-state index in [0.717, 1.165) is 18.6 Å². The van der Waals surface area contributed by atoms with Crippen molar-refractivity contribution in [3.05, 3.63) is 59.1 Å². The molecule has 0 aliphatic heterocycles. The van der Waals surface area contributed by atoms with Gasteiger partial charge in [-0.3, -0.25) is 4.79 Å². The van der Waals surface area contributed by atoms with Gasteiger partial charge in [-0.25, -0.2) is 0 Å². The molecule has 0 bridgehead atoms. The molecule has 0 radical (unpaired) electrons. The van der Waals surface area contributed by atoms with E-state index in [1.54, 1.807) is 19.1 Å². The van der Waals surface area contributed by atoms with E-state index in [0.29, 0.717) is 17.3 Å². The van der Waals surface area contributed by atoms with Crippen molar-refractivity contribution in [2.75, 3.05) is 6.54 Å². The summed E-state index contributed by atoms with van der Waals surface area (Å²) in [6.45, 7) is 6.32. The van der Waals surface area contributed by atoms with Gasteiger partial charge in [-0.15, -0.1) is 0 Å². The van der Waals surface area contributed by atoms with E-state index in [2.05, 4.69) is 17.4 Å². The number of benzene rings is 2. The number of aryl methyl sites for hydroxylation is 1. The summed E-state index contributed by atoms with van der Waals surface area (Å²) in [5, 5.41) is 3.40. The summed E-state index contributed by atoms with van der Waals surface area (Å²) in [5.74, 6) is 1.24. The topological polar surface area (TPSA) is 47.6 Å². The SMILES string of the molecule is CC(C)Oc1ccc(CCCNC(=O)[C@@H](C)Oc2ccccc2Cl)cc1. The van der Waals surface area contributed by atoms with E-state index in [-0.39, 0.29) is 12.0 Å². The normalized spacial score (nSPS) is 11.9. The van der Waals surface area contributed by atoms with Crippen LogP contribution in [0.3, 0.4) is 0 Å². The van der Waals surface area contributed by atoms with Gasteiger partial charge >= 0.3 is 0 Å². The van der Waals surface area contributed by atoms with E-state index < -0.39 is 6.10 Å².